The molecule has 0 heterocycles. The minimum absolute atomic E-state index is 0.571. The maximum atomic E-state index is 6.83. The lowest BCUT2D eigenvalue weighted by atomic mass is 10.2. The van der Waals surface area contributed by atoms with Crippen LogP contribution in [0.2, 0.25) is 0 Å². The Morgan fingerprint density at radius 2 is 1.79 bits per heavy atom. The second-order valence-corrected chi connectivity index (χ2v) is 3.81. The van der Waals surface area contributed by atoms with Gasteiger partial charge in [0.15, 0.2) is 11.5 Å². The monoisotopic (exact) mass is 265 g/mol. The first kappa shape index (κ1) is 14.8. The summed E-state index contributed by atoms with van der Waals surface area (Å²) in [7, 11) is 4.73. The molecule has 0 unspecified atom stereocenters. The Kier molecular flexibility index (Phi) is 5.66. The summed E-state index contributed by atoms with van der Waals surface area (Å²) in [5, 5.41) is 6.36. The fourth-order valence-electron chi connectivity index (χ4n) is 1.59. The normalized spacial score (nSPS) is 10.8. The minimum atomic E-state index is 0.571. The van der Waals surface area contributed by atoms with Gasteiger partial charge in [0.05, 0.1) is 27.0 Å². The second-order valence-electron chi connectivity index (χ2n) is 3.81. The molecule has 0 saturated carbocycles. The van der Waals surface area contributed by atoms with Crippen LogP contribution in [0.15, 0.2) is 29.1 Å². The molecule has 0 aromatic heterocycles. The summed E-state index contributed by atoms with van der Waals surface area (Å²) in [5.74, 6) is 1.80. The summed E-state index contributed by atoms with van der Waals surface area (Å²) in [4.78, 5) is 0. The molecule has 1 aromatic carbocycles. The third-order valence-electron chi connectivity index (χ3n) is 2.52. The first-order chi connectivity index (χ1) is 9.15. The van der Waals surface area contributed by atoms with Gasteiger partial charge < -0.3 is 19.5 Å². The van der Waals surface area contributed by atoms with Crippen molar-refractivity contribution in [3.8, 4) is 17.2 Å². The van der Waals surface area contributed by atoms with Gasteiger partial charge in [0.2, 0.25) is 5.75 Å². The molecule has 1 aromatic rings. The van der Waals surface area contributed by atoms with Gasteiger partial charge in [0, 0.05) is 12.7 Å². The van der Waals surface area contributed by atoms with Crippen LogP contribution in [0.5, 0.6) is 17.2 Å². The Bertz CT molecular complexity index is 447. The molecule has 0 spiro atoms. The number of nitrogens with zero attached hydrogens (tertiary/aromatic N) is 1. The van der Waals surface area contributed by atoms with E-state index in [4.69, 9.17) is 19.7 Å². The van der Waals surface area contributed by atoms with Gasteiger partial charge in [-0.05, 0) is 24.6 Å². The van der Waals surface area contributed by atoms with Crippen LogP contribution in [0.4, 0.5) is 0 Å². The molecule has 104 valence electrons. The van der Waals surface area contributed by atoms with E-state index in [0.717, 1.165) is 5.56 Å². The van der Waals surface area contributed by atoms with Crippen molar-refractivity contribution in [2.75, 3.05) is 21.3 Å². The minimum Gasteiger partial charge on any atom is -0.493 e. The number of ether oxygens (including phenoxy) is 3. The van der Waals surface area contributed by atoms with Gasteiger partial charge in [-0.25, -0.2) is 5.53 Å². The molecule has 6 heteroatoms. The molecule has 0 atom stereocenters. The fourth-order valence-corrected chi connectivity index (χ4v) is 1.59. The van der Waals surface area contributed by atoms with Gasteiger partial charge in [0.1, 0.15) is 0 Å². The number of benzene rings is 1. The largest absolute Gasteiger partial charge is 0.493 e. The summed E-state index contributed by atoms with van der Waals surface area (Å²) in [6, 6.07) is 3.74. The van der Waals surface area contributed by atoms with E-state index >= 15 is 0 Å². The highest BCUT2D eigenvalue weighted by atomic mass is 16.5. The molecule has 19 heavy (non-hydrogen) atoms. The lowest BCUT2D eigenvalue weighted by Crippen LogP contribution is -2.06. The third kappa shape index (κ3) is 3.87. The van der Waals surface area contributed by atoms with E-state index in [1.54, 1.807) is 34.5 Å². The van der Waals surface area contributed by atoms with Gasteiger partial charge >= 0.3 is 0 Å². The highest BCUT2D eigenvalue weighted by Gasteiger charge is 2.12. The first-order valence-electron chi connectivity index (χ1n) is 5.72. The molecule has 0 bridgehead atoms. The number of allylic oxidation sites excluding steroid dienone is 1. The van der Waals surface area contributed by atoms with E-state index in [1.165, 1.54) is 0 Å². The van der Waals surface area contributed by atoms with Crippen LogP contribution in [-0.4, -0.2) is 21.3 Å². The fraction of sp³-hybridized carbons (Fsp3) is 0.385. The summed E-state index contributed by atoms with van der Waals surface area (Å²) >= 11 is 0. The number of rotatable bonds is 7. The Morgan fingerprint density at radius 3 is 2.21 bits per heavy atom. The first-order valence-corrected chi connectivity index (χ1v) is 5.72. The molecule has 0 aliphatic rings. The maximum absolute atomic E-state index is 6.83. The van der Waals surface area contributed by atoms with E-state index in [-0.39, 0.29) is 0 Å². The molecule has 0 amide bonds. The van der Waals surface area contributed by atoms with Crippen molar-refractivity contribution in [2.45, 2.75) is 13.5 Å². The summed E-state index contributed by atoms with van der Waals surface area (Å²) in [6.45, 7) is 2.32. The number of hydrogen-bond acceptors (Lipinski definition) is 6. The van der Waals surface area contributed by atoms with Crippen molar-refractivity contribution in [1.29, 1.82) is 5.53 Å². The molecule has 1 rings (SSSR count). The van der Waals surface area contributed by atoms with E-state index in [9.17, 15) is 0 Å². The maximum Gasteiger partial charge on any atom is 0.203 e. The number of nitrogens with one attached hydrogen (secondary N) is 2. The predicted octanol–water partition coefficient (Wildman–Crippen LogP) is 2.69. The molecular formula is C13H19N3O3. The SMILES string of the molecule is COc1cc(CN/C=C(/C)N=N)cc(OC)c1OC. The molecule has 0 aliphatic carbocycles. The Morgan fingerprint density at radius 1 is 1.21 bits per heavy atom. The molecule has 6 nitrogen and oxygen atoms in total. The molecule has 2 N–H and O–H groups in total. The summed E-state index contributed by atoms with van der Waals surface area (Å²) in [5.41, 5.74) is 8.41. The van der Waals surface area contributed by atoms with Gasteiger partial charge in [-0.1, -0.05) is 0 Å². The summed E-state index contributed by atoms with van der Waals surface area (Å²) < 4.78 is 15.8. The van der Waals surface area contributed by atoms with Crippen LogP contribution in [0, 0.1) is 5.53 Å². The van der Waals surface area contributed by atoms with E-state index in [2.05, 4.69) is 10.4 Å². The zero-order valence-electron chi connectivity index (χ0n) is 11.6. The van der Waals surface area contributed by atoms with Gasteiger partial charge in [0.25, 0.3) is 0 Å². The van der Waals surface area contributed by atoms with Gasteiger partial charge in [-0.15, -0.1) is 0 Å². The van der Waals surface area contributed by atoms with Crippen LogP contribution < -0.4 is 19.5 Å². The average molecular weight is 265 g/mol. The van der Waals surface area contributed by atoms with Gasteiger partial charge in [-0.2, -0.15) is 5.11 Å². The predicted molar refractivity (Wildman–Crippen MR) is 71.8 cm³/mol. The van der Waals surface area contributed by atoms with Crippen molar-refractivity contribution in [3.63, 3.8) is 0 Å². The number of methoxy groups -OCH3 is 3. The van der Waals surface area contributed by atoms with Crippen LogP contribution in [0.1, 0.15) is 12.5 Å². The highest BCUT2D eigenvalue weighted by molar-refractivity contribution is 5.53. The lowest BCUT2D eigenvalue weighted by Gasteiger charge is -2.14. The molecule has 0 saturated heterocycles. The Balaban J connectivity index is 2.93. The van der Waals surface area contributed by atoms with Crippen molar-refractivity contribution in [3.05, 3.63) is 29.6 Å². The van der Waals surface area contributed by atoms with Crippen molar-refractivity contribution < 1.29 is 14.2 Å². The quantitative estimate of drug-likeness (QED) is 0.743. The Hall–Kier alpha value is -2.24. The van der Waals surface area contributed by atoms with E-state index in [0.29, 0.717) is 29.5 Å². The van der Waals surface area contributed by atoms with Gasteiger partial charge in [-0.3, -0.25) is 0 Å². The highest BCUT2D eigenvalue weighted by Crippen LogP contribution is 2.38. The standard InChI is InChI=1S/C13H19N3O3/c1-9(16-14)7-15-8-10-5-11(17-2)13(19-4)12(6-10)18-3/h5-7,14-15H,8H2,1-4H3/b9-7-,16-14?. The zero-order chi connectivity index (χ0) is 14.3. The Labute approximate surface area is 112 Å². The van der Waals surface area contributed by atoms with Crippen LogP contribution in [0.3, 0.4) is 0 Å². The van der Waals surface area contributed by atoms with Crippen molar-refractivity contribution in [2.24, 2.45) is 5.11 Å². The van der Waals surface area contributed by atoms with Crippen LogP contribution >= 0.6 is 0 Å². The third-order valence-corrected chi connectivity index (χ3v) is 2.52. The van der Waals surface area contributed by atoms with Crippen LogP contribution in [0.25, 0.3) is 0 Å². The average Bonchev–Trinajstić information content (AvgIpc) is 2.45. The molecule has 0 radical (unpaired) electrons. The zero-order valence-corrected chi connectivity index (χ0v) is 11.6. The second kappa shape index (κ2) is 7.25. The van der Waals surface area contributed by atoms with Crippen LogP contribution in [-0.2, 0) is 6.54 Å². The number of hydrogen-bond donors (Lipinski definition) is 2. The van der Waals surface area contributed by atoms with E-state index in [1.807, 2.05) is 12.1 Å². The molecule has 0 aliphatic heterocycles. The smallest absolute Gasteiger partial charge is 0.203 e. The molecular weight excluding hydrogens is 246 g/mol. The van der Waals surface area contributed by atoms with Crippen molar-refractivity contribution in [1.82, 2.24) is 5.32 Å². The topological polar surface area (TPSA) is 75.9 Å². The molecule has 0 fully saturated rings. The summed E-state index contributed by atoms with van der Waals surface area (Å²) in [6.07, 6.45) is 1.68. The van der Waals surface area contributed by atoms with E-state index < -0.39 is 0 Å². The lowest BCUT2D eigenvalue weighted by molar-refractivity contribution is 0.323. The van der Waals surface area contributed by atoms with Crippen molar-refractivity contribution >= 4 is 0 Å².